The molecule has 36 heavy (non-hydrogen) atoms. The van der Waals surface area contributed by atoms with E-state index in [9.17, 15) is 9.59 Å². The molecule has 0 saturated carbocycles. The van der Waals surface area contributed by atoms with Crippen LogP contribution < -0.4 is 19.9 Å². The number of methoxy groups -OCH3 is 2. The molecule has 1 aliphatic rings. The van der Waals surface area contributed by atoms with E-state index in [-0.39, 0.29) is 17.5 Å². The van der Waals surface area contributed by atoms with Crippen LogP contribution in [0.15, 0.2) is 53.6 Å². The van der Waals surface area contributed by atoms with Gasteiger partial charge in [0.15, 0.2) is 11.5 Å². The highest BCUT2D eigenvalue weighted by Crippen LogP contribution is 2.30. The third kappa shape index (κ3) is 4.23. The van der Waals surface area contributed by atoms with Gasteiger partial charge in [0.2, 0.25) is 5.95 Å². The summed E-state index contributed by atoms with van der Waals surface area (Å²) in [6.45, 7) is 3.65. The second kappa shape index (κ2) is 9.68. The molecule has 186 valence electrons. The zero-order chi connectivity index (χ0) is 25.2. The van der Waals surface area contributed by atoms with E-state index in [0.717, 1.165) is 0 Å². The highest BCUT2D eigenvalue weighted by atomic mass is 16.5. The Labute approximate surface area is 207 Å². The van der Waals surface area contributed by atoms with Gasteiger partial charge in [0.05, 0.1) is 48.8 Å². The largest absolute Gasteiger partial charge is 0.493 e. The summed E-state index contributed by atoms with van der Waals surface area (Å²) in [5.74, 6) is 1.34. The van der Waals surface area contributed by atoms with Crippen LogP contribution in [0.3, 0.4) is 0 Å². The van der Waals surface area contributed by atoms with Crippen LogP contribution in [0.1, 0.15) is 23.7 Å². The number of hydrogen-bond acceptors (Lipinski definition) is 8. The molecule has 3 heterocycles. The maximum absolute atomic E-state index is 13.6. The van der Waals surface area contributed by atoms with Crippen molar-refractivity contribution in [3.05, 3.63) is 64.7 Å². The van der Waals surface area contributed by atoms with Crippen molar-refractivity contribution in [2.75, 3.05) is 38.8 Å². The van der Waals surface area contributed by atoms with Crippen molar-refractivity contribution in [2.24, 2.45) is 0 Å². The molecule has 1 amide bonds. The Kier molecular flexibility index (Phi) is 6.28. The number of aromatic nitrogens is 5. The molecule has 1 unspecified atom stereocenters. The summed E-state index contributed by atoms with van der Waals surface area (Å²) in [7, 11) is 3.06. The van der Waals surface area contributed by atoms with Crippen LogP contribution in [0.25, 0.3) is 16.6 Å². The fourth-order valence-electron chi connectivity index (χ4n) is 4.50. The minimum absolute atomic E-state index is 0.0160. The molecule has 0 radical (unpaired) electrons. The maximum atomic E-state index is 13.6. The molecule has 0 spiro atoms. The van der Waals surface area contributed by atoms with Crippen molar-refractivity contribution >= 4 is 22.8 Å². The van der Waals surface area contributed by atoms with Gasteiger partial charge in [0, 0.05) is 31.7 Å². The van der Waals surface area contributed by atoms with E-state index in [1.54, 1.807) is 37.7 Å². The lowest BCUT2D eigenvalue weighted by Crippen LogP contribution is -2.40. The molecule has 2 aromatic carbocycles. The topological polar surface area (TPSA) is 118 Å². The number of para-hydroxylation sites is 1. The van der Waals surface area contributed by atoms with Gasteiger partial charge in [-0.15, -0.1) is 0 Å². The molecule has 4 aromatic rings. The molecule has 1 saturated heterocycles. The maximum Gasteiger partial charge on any atom is 0.260 e. The Balaban J connectivity index is 1.42. The van der Waals surface area contributed by atoms with E-state index in [1.165, 1.54) is 11.9 Å². The molecule has 1 aliphatic heterocycles. The summed E-state index contributed by atoms with van der Waals surface area (Å²) in [6.07, 6.45) is 3.87. The molecule has 11 heteroatoms. The first kappa shape index (κ1) is 23.3. The molecule has 5 rings (SSSR count). The number of amides is 1. The van der Waals surface area contributed by atoms with E-state index in [1.807, 2.05) is 34.9 Å². The number of H-pyrrole nitrogens is 1. The van der Waals surface area contributed by atoms with Gasteiger partial charge < -0.3 is 19.3 Å². The van der Waals surface area contributed by atoms with Crippen LogP contribution in [0.5, 0.6) is 11.5 Å². The first-order valence-electron chi connectivity index (χ1n) is 11.7. The molecule has 1 N–H and O–H groups in total. The number of anilines is 1. The lowest BCUT2D eigenvalue weighted by Gasteiger charge is -2.27. The van der Waals surface area contributed by atoms with Crippen molar-refractivity contribution in [2.45, 2.75) is 19.4 Å². The zero-order valence-electron chi connectivity index (χ0n) is 20.3. The fraction of sp³-hybridized carbons (Fsp3) is 0.320. The molecule has 2 aromatic heterocycles. The number of benzene rings is 2. The first-order valence-corrected chi connectivity index (χ1v) is 11.7. The predicted octanol–water partition coefficient (Wildman–Crippen LogP) is 2.26. The van der Waals surface area contributed by atoms with Crippen LogP contribution in [0.2, 0.25) is 0 Å². The summed E-state index contributed by atoms with van der Waals surface area (Å²) >= 11 is 0. The van der Waals surface area contributed by atoms with E-state index >= 15 is 0 Å². The molecular weight excluding hydrogens is 462 g/mol. The van der Waals surface area contributed by atoms with Gasteiger partial charge in [-0.1, -0.05) is 12.1 Å². The monoisotopic (exact) mass is 489 g/mol. The number of hydrogen-bond donors (Lipinski definition) is 1. The molecule has 0 aliphatic carbocycles. The van der Waals surface area contributed by atoms with Gasteiger partial charge in [-0.25, -0.2) is 4.98 Å². The molecular formula is C25H27N7O4. The Morgan fingerprint density at radius 2 is 1.75 bits per heavy atom. The quantitative estimate of drug-likeness (QED) is 0.454. The van der Waals surface area contributed by atoms with Crippen LogP contribution in [-0.2, 0) is 0 Å². The number of fused-ring (bicyclic) bond motifs is 1. The Hall–Kier alpha value is -4.41. The van der Waals surface area contributed by atoms with E-state index in [2.05, 4.69) is 15.2 Å². The normalized spacial score (nSPS) is 16.1. The zero-order valence-corrected chi connectivity index (χ0v) is 20.3. The van der Waals surface area contributed by atoms with Gasteiger partial charge in [0.1, 0.15) is 0 Å². The SMILES string of the molecule is COc1cc2nc(N3CCC(C)N(C(=O)c4ccccc4-n4nccn4)CC3)[nH]c(=O)c2cc1OC. The van der Waals surface area contributed by atoms with Gasteiger partial charge in [-0.2, -0.15) is 15.0 Å². The number of nitrogens with one attached hydrogen (secondary N) is 1. The molecule has 1 fully saturated rings. The third-order valence-electron chi connectivity index (χ3n) is 6.49. The minimum atomic E-state index is -0.262. The second-order valence-corrected chi connectivity index (χ2v) is 8.57. The Bertz CT molecular complexity index is 1450. The van der Waals surface area contributed by atoms with Crippen LogP contribution in [0.4, 0.5) is 5.95 Å². The highest BCUT2D eigenvalue weighted by molar-refractivity contribution is 5.98. The number of rotatable bonds is 5. The number of aromatic amines is 1. The predicted molar refractivity (Wildman–Crippen MR) is 134 cm³/mol. The molecule has 1 atom stereocenters. The summed E-state index contributed by atoms with van der Waals surface area (Å²) in [5.41, 5.74) is 1.41. The van der Waals surface area contributed by atoms with Gasteiger partial charge in [-0.05, 0) is 31.5 Å². The second-order valence-electron chi connectivity index (χ2n) is 8.57. The first-order chi connectivity index (χ1) is 17.5. The molecule has 0 bridgehead atoms. The fourth-order valence-corrected chi connectivity index (χ4v) is 4.50. The minimum Gasteiger partial charge on any atom is -0.493 e. The van der Waals surface area contributed by atoms with Crippen LogP contribution in [0, 0.1) is 0 Å². The van der Waals surface area contributed by atoms with E-state index in [4.69, 9.17) is 14.5 Å². The van der Waals surface area contributed by atoms with Crippen molar-refractivity contribution in [3.63, 3.8) is 0 Å². The van der Waals surface area contributed by atoms with Gasteiger partial charge in [-0.3, -0.25) is 14.6 Å². The van der Waals surface area contributed by atoms with Gasteiger partial charge in [0.25, 0.3) is 11.5 Å². The smallest absolute Gasteiger partial charge is 0.260 e. The van der Waals surface area contributed by atoms with Crippen molar-refractivity contribution in [3.8, 4) is 17.2 Å². The van der Waals surface area contributed by atoms with Crippen molar-refractivity contribution in [1.29, 1.82) is 0 Å². The van der Waals surface area contributed by atoms with Crippen LogP contribution in [-0.4, -0.2) is 75.7 Å². The molecule has 11 nitrogen and oxygen atoms in total. The summed E-state index contributed by atoms with van der Waals surface area (Å²) in [6, 6.07) is 10.6. The standard InChI is InChI=1S/C25H27N7O4/c1-16-8-11-30(25-28-19-15-22(36-3)21(35-2)14-18(19)23(33)29-25)12-13-31(16)24(34)17-6-4-5-7-20(17)32-26-9-10-27-32/h4-7,9-10,14-16H,8,11-13H2,1-3H3,(H,28,29,33). The average Bonchev–Trinajstić information content (AvgIpc) is 3.37. The summed E-state index contributed by atoms with van der Waals surface area (Å²) < 4.78 is 10.7. The number of ether oxygens (including phenoxy) is 2. The Morgan fingerprint density at radius 1 is 1.03 bits per heavy atom. The third-order valence-corrected chi connectivity index (χ3v) is 6.49. The van der Waals surface area contributed by atoms with E-state index < -0.39 is 0 Å². The summed E-state index contributed by atoms with van der Waals surface area (Å²) in [4.78, 5) is 39.4. The number of carbonyl (C=O) groups excluding carboxylic acids is 1. The number of nitrogens with zero attached hydrogens (tertiary/aromatic N) is 6. The average molecular weight is 490 g/mol. The lowest BCUT2D eigenvalue weighted by molar-refractivity contribution is 0.0705. The highest BCUT2D eigenvalue weighted by Gasteiger charge is 2.28. The number of carbonyl (C=O) groups is 1. The summed E-state index contributed by atoms with van der Waals surface area (Å²) in [5, 5.41) is 8.79. The van der Waals surface area contributed by atoms with Gasteiger partial charge >= 0.3 is 0 Å². The van der Waals surface area contributed by atoms with Crippen molar-refractivity contribution in [1.82, 2.24) is 29.9 Å². The Morgan fingerprint density at radius 3 is 2.50 bits per heavy atom. The lowest BCUT2D eigenvalue weighted by atomic mass is 10.1. The van der Waals surface area contributed by atoms with E-state index in [0.29, 0.717) is 65.7 Å². The van der Waals surface area contributed by atoms with Crippen molar-refractivity contribution < 1.29 is 14.3 Å². The van der Waals surface area contributed by atoms with Crippen LogP contribution >= 0.6 is 0 Å².